The van der Waals surface area contributed by atoms with Gasteiger partial charge in [-0.25, -0.2) is 9.38 Å². The predicted octanol–water partition coefficient (Wildman–Crippen LogP) is 1.33. The van der Waals surface area contributed by atoms with Crippen molar-refractivity contribution in [3.05, 3.63) is 34.1 Å². The maximum Gasteiger partial charge on any atom is 0.271 e. The normalized spacial score (nSPS) is 13.2. The van der Waals surface area contributed by atoms with Crippen molar-refractivity contribution < 1.29 is 9.18 Å². The number of hydrogen-bond donors (Lipinski definition) is 0. The second-order valence-corrected chi connectivity index (χ2v) is 4.13. The molecule has 16 heavy (non-hydrogen) atoms. The van der Waals surface area contributed by atoms with Crippen LogP contribution in [-0.4, -0.2) is 11.8 Å². The Morgan fingerprint density at radius 3 is 2.88 bits per heavy atom. The number of alkyl halides is 1. The lowest BCUT2D eigenvalue weighted by Crippen LogP contribution is -2.26. The summed E-state index contributed by atoms with van der Waals surface area (Å²) < 4.78 is 13.5. The van der Waals surface area contributed by atoms with E-state index >= 15 is 0 Å². The lowest BCUT2D eigenvalue weighted by Gasteiger charge is -2.00. The highest BCUT2D eigenvalue weighted by atomic mass is 35.5. The smallest absolute Gasteiger partial charge is 0.267 e. The lowest BCUT2D eigenvalue weighted by atomic mass is 10.1. The van der Waals surface area contributed by atoms with Gasteiger partial charge in [0.2, 0.25) is 0 Å². The topological polar surface area (TPSA) is 29.4 Å². The zero-order valence-corrected chi connectivity index (χ0v) is 9.43. The van der Waals surface area contributed by atoms with Gasteiger partial charge >= 0.3 is 0 Å². The van der Waals surface area contributed by atoms with E-state index in [1.165, 1.54) is 12.1 Å². The number of unbranched alkanes of at least 4 members (excludes halogenated alkanes) is 1. The van der Waals surface area contributed by atoms with Crippen LogP contribution in [0.5, 0.6) is 0 Å². The van der Waals surface area contributed by atoms with Crippen molar-refractivity contribution in [3.63, 3.8) is 0 Å². The van der Waals surface area contributed by atoms with Gasteiger partial charge in [0.05, 0.1) is 0 Å². The van der Waals surface area contributed by atoms with Crippen LogP contribution in [0.2, 0.25) is 0 Å². The molecule has 2 rings (SSSR count). The maximum atomic E-state index is 13.5. The van der Waals surface area contributed by atoms with Gasteiger partial charge in [0.1, 0.15) is 11.2 Å². The summed E-state index contributed by atoms with van der Waals surface area (Å²) in [5.41, 5.74) is 0.891. The minimum absolute atomic E-state index is 0.172. The second kappa shape index (κ2) is 4.74. The Balaban J connectivity index is 2.29. The van der Waals surface area contributed by atoms with Gasteiger partial charge < -0.3 is 0 Å². The van der Waals surface area contributed by atoms with Crippen molar-refractivity contribution in [2.45, 2.75) is 19.3 Å². The number of amides is 1. The Morgan fingerprint density at radius 1 is 1.31 bits per heavy atom. The lowest BCUT2D eigenvalue weighted by molar-refractivity contribution is -0.112. The quantitative estimate of drug-likeness (QED) is 0.576. The summed E-state index contributed by atoms with van der Waals surface area (Å²) in [6.07, 6.45) is 3.97. The Labute approximate surface area is 97.5 Å². The molecule has 0 spiro atoms. The number of carbonyl (C=O) groups is 1. The van der Waals surface area contributed by atoms with Crippen LogP contribution in [0.15, 0.2) is 17.1 Å². The summed E-state index contributed by atoms with van der Waals surface area (Å²) in [6, 6.07) is 3.27. The Bertz CT molecular complexity index is 539. The molecule has 1 heterocycles. The van der Waals surface area contributed by atoms with Gasteiger partial charge in [-0.05, 0) is 37.0 Å². The number of hydrogen-bond acceptors (Lipinski definition) is 1. The third-order valence-corrected chi connectivity index (χ3v) is 2.77. The minimum atomic E-state index is -0.416. The molecule has 2 nitrogen and oxygen atoms in total. The van der Waals surface area contributed by atoms with E-state index in [0.29, 0.717) is 11.1 Å². The van der Waals surface area contributed by atoms with Crippen LogP contribution in [0.3, 0.4) is 0 Å². The summed E-state index contributed by atoms with van der Waals surface area (Å²) in [5, 5.41) is 0.761. The second-order valence-electron chi connectivity index (χ2n) is 3.76. The van der Waals surface area contributed by atoms with Gasteiger partial charge in [-0.15, -0.1) is 11.6 Å². The van der Waals surface area contributed by atoms with Crippen molar-refractivity contribution in [3.8, 4) is 0 Å². The molecule has 0 saturated carbocycles. The summed E-state index contributed by atoms with van der Waals surface area (Å²) in [6.45, 7) is 0. The van der Waals surface area contributed by atoms with Gasteiger partial charge in [0.25, 0.3) is 5.91 Å². The number of rotatable bonds is 4. The fourth-order valence-electron chi connectivity index (χ4n) is 1.75. The van der Waals surface area contributed by atoms with Crippen LogP contribution in [0.1, 0.15) is 18.4 Å². The van der Waals surface area contributed by atoms with E-state index in [1.807, 2.05) is 6.07 Å². The van der Waals surface area contributed by atoms with Crippen LogP contribution in [0.4, 0.5) is 4.39 Å². The van der Waals surface area contributed by atoms with Gasteiger partial charge in [-0.3, -0.25) is 4.79 Å². The molecule has 1 aromatic carbocycles. The van der Waals surface area contributed by atoms with Crippen LogP contribution in [0.25, 0.3) is 6.08 Å². The molecule has 0 unspecified atom stereocenters. The number of benzene rings is 1. The summed E-state index contributed by atoms with van der Waals surface area (Å²) in [7, 11) is 0. The van der Waals surface area contributed by atoms with Crippen molar-refractivity contribution in [2.24, 2.45) is 4.99 Å². The molecule has 1 amide bonds. The molecular formula is C12H11ClFNO. The molecule has 1 aliphatic rings. The van der Waals surface area contributed by atoms with Crippen molar-refractivity contribution in [1.82, 2.24) is 0 Å². The van der Waals surface area contributed by atoms with Crippen molar-refractivity contribution >= 4 is 23.6 Å². The van der Waals surface area contributed by atoms with E-state index in [2.05, 4.69) is 4.99 Å². The van der Waals surface area contributed by atoms with Gasteiger partial charge in [-0.2, -0.15) is 0 Å². The van der Waals surface area contributed by atoms with E-state index in [1.54, 1.807) is 0 Å². The molecule has 0 fully saturated rings. The molecule has 0 saturated heterocycles. The molecule has 1 aromatic rings. The first-order valence-corrected chi connectivity index (χ1v) is 5.73. The van der Waals surface area contributed by atoms with Crippen molar-refractivity contribution in [2.75, 3.05) is 5.88 Å². The molecule has 1 aliphatic heterocycles. The predicted molar refractivity (Wildman–Crippen MR) is 60.3 cm³/mol. The monoisotopic (exact) mass is 239 g/mol. The summed E-state index contributed by atoms with van der Waals surface area (Å²) in [4.78, 5) is 14.6. The standard InChI is InChI=1S/C12H11ClFNO/c13-4-2-1-3-8-5-9-7-11(16)15-12(9)10(14)6-8/h5-7H,1-4H2. The maximum absolute atomic E-state index is 13.5. The van der Waals surface area contributed by atoms with Crippen LogP contribution in [-0.2, 0) is 11.2 Å². The van der Waals surface area contributed by atoms with Crippen LogP contribution < -0.4 is 10.6 Å². The Kier molecular flexibility index (Phi) is 3.34. The molecule has 0 bridgehead atoms. The molecule has 4 heteroatoms. The van der Waals surface area contributed by atoms with Gasteiger partial charge in [-0.1, -0.05) is 0 Å². The Morgan fingerprint density at radius 2 is 2.12 bits per heavy atom. The number of nitrogens with zero attached hydrogens (tertiary/aromatic N) is 1. The number of fused-ring (bicyclic) bond motifs is 1. The van der Waals surface area contributed by atoms with E-state index in [0.717, 1.165) is 24.8 Å². The minimum Gasteiger partial charge on any atom is -0.267 e. The summed E-state index contributed by atoms with van der Waals surface area (Å²) in [5.74, 6) is -0.180. The molecule has 0 aliphatic carbocycles. The van der Waals surface area contributed by atoms with Gasteiger partial charge in [0, 0.05) is 17.2 Å². The van der Waals surface area contributed by atoms with Crippen LogP contribution in [0, 0.1) is 5.82 Å². The molecule has 0 atom stereocenters. The fraction of sp³-hybridized carbons (Fsp3) is 0.333. The van der Waals surface area contributed by atoms with E-state index in [4.69, 9.17) is 11.6 Å². The number of aryl methyl sites for hydroxylation is 1. The average molecular weight is 240 g/mol. The first-order chi connectivity index (χ1) is 7.70. The molecule has 0 radical (unpaired) electrons. The molecular weight excluding hydrogens is 229 g/mol. The largest absolute Gasteiger partial charge is 0.271 e. The molecule has 0 aromatic heterocycles. The highest BCUT2D eigenvalue weighted by Crippen LogP contribution is 2.05. The van der Waals surface area contributed by atoms with Crippen molar-refractivity contribution in [1.29, 1.82) is 0 Å². The SMILES string of the molecule is O=C1C=c2cc(CCCCCl)cc(F)c2=N1. The Hall–Kier alpha value is -1.22. The number of carbonyl (C=O) groups excluding carboxylic acids is 1. The van der Waals surface area contributed by atoms with E-state index in [9.17, 15) is 9.18 Å². The average Bonchev–Trinajstić information content (AvgIpc) is 2.60. The third kappa shape index (κ3) is 2.30. The molecule has 0 N–H and O–H groups in total. The third-order valence-electron chi connectivity index (χ3n) is 2.50. The zero-order valence-electron chi connectivity index (χ0n) is 8.67. The highest BCUT2D eigenvalue weighted by molar-refractivity contribution is 6.17. The first kappa shape index (κ1) is 11.3. The van der Waals surface area contributed by atoms with E-state index in [-0.39, 0.29) is 11.3 Å². The fourth-order valence-corrected chi connectivity index (χ4v) is 1.94. The van der Waals surface area contributed by atoms with E-state index < -0.39 is 5.82 Å². The summed E-state index contributed by atoms with van der Waals surface area (Å²) >= 11 is 5.57. The molecule has 84 valence electrons. The van der Waals surface area contributed by atoms with Gasteiger partial charge in [0.15, 0.2) is 0 Å². The zero-order chi connectivity index (χ0) is 11.5. The first-order valence-electron chi connectivity index (χ1n) is 5.19. The van der Waals surface area contributed by atoms with Crippen LogP contribution >= 0.6 is 11.6 Å². The number of halogens is 2. The highest BCUT2D eigenvalue weighted by Gasteiger charge is 2.09.